The molecule has 1 aliphatic rings. The fourth-order valence-corrected chi connectivity index (χ4v) is 3.39. The molecule has 0 atom stereocenters. The molecule has 0 spiro atoms. The first-order valence-corrected chi connectivity index (χ1v) is 10.3. The Hall–Kier alpha value is -2.94. The molecule has 31 heavy (non-hydrogen) atoms. The number of pyridine rings is 1. The van der Waals surface area contributed by atoms with Gasteiger partial charge in [-0.1, -0.05) is 23.8 Å². The van der Waals surface area contributed by atoms with Gasteiger partial charge in [-0.3, -0.25) is 4.99 Å². The highest BCUT2D eigenvalue weighted by Crippen LogP contribution is 2.22. The Morgan fingerprint density at radius 1 is 1.13 bits per heavy atom. The van der Waals surface area contributed by atoms with Gasteiger partial charge in [-0.2, -0.15) is 8.78 Å². The largest absolute Gasteiger partial charge is 0.434 e. The van der Waals surface area contributed by atoms with E-state index >= 15 is 0 Å². The molecule has 2 N–H and O–H groups in total. The van der Waals surface area contributed by atoms with Gasteiger partial charge in [0.05, 0.1) is 0 Å². The topological polar surface area (TPSA) is 65.0 Å². The Kier molecular flexibility index (Phi) is 8.00. The molecule has 0 radical (unpaired) electrons. The number of nitrogens with zero attached hydrogens (tertiary/aromatic N) is 4. The summed E-state index contributed by atoms with van der Waals surface area (Å²) in [4.78, 5) is 13.4. The molecular formula is C22H30F2N6O. The lowest BCUT2D eigenvalue weighted by Gasteiger charge is -2.33. The van der Waals surface area contributed by atoms with Crippen molar-refractivity contribution in [2.75, 3.05) is 45.2 Å². The van der Waals surface area contributed by atoms with Gasteiger partial charge in [0.2, 0.25) is 0 Å². The van der Waals surface area contributed by atoms with Gasteiger partial charge in [0.1, 0.15) is 11.6 Å². The maximum absolute atomic E-state index is 12.6. The van der Waals surface area contributed by atoms with Crippen LogP contribution < -0.4 is 20.3 Å². The summed E-state index contributed by atoms with van der Waals surface area (Å²) in [6.07, 6.45) is 1.86. The summed E-state index contributed by atoms with van der Waals surface area (Å²) in [5.74, 6) is 1.71. The predicted molar refractivity (Wildman–Crippen MR) is 119 cm³/mol. The van der Waals surface area contributed by atoms with E-state index in [1.165, 1.54) is 0 Å². The first kappa shape index (κ1) is 22.7. The second kappa shape index (κ2) is 10.9. The number of halogens is 2. The molecular weight excluding hydrogens is 402 g/mol. The SMILES string of the molecule is CN=C(NCc1ccc(N2CCN(C)CC2)nc1)NCc1cc(C)ccc1OC(F)F. The van der Waals surface area contributed by atoms with Gasteiger partial charge in [-0.05, 0) is 31.7 Å². The minimum absolute atomic E-state index is 0.159. The van der Waals surface area contributed by atoms with E-state index in [9.17, 15) is 8.78 Å². The third-order valence-corrected chi connectivity index (χ3v) is 5.20. The standard InChI is InChI=1S/C22H30F2N6O/c1-16-4-6-19(31-21(23)24)18(12-16)15-28-22(25-2)27-14-17-5-7-20(26-13-17)30-10-8-29(3)9-11-30/h4-7,12-13,21H,8-11,14-15H2,1-3H3,(H2,25,27,28). The van der Waals surface area contributed by atoms with E-state index < -0.39 is 6.61 Å². The number of hydrogen-bond acceptors (Lipinski definition) is 5. The van der Waals surface area contributed by atoms with Crippen molar-refractivity contribution in [1.29, 1.82) is 0 Å². The Labute approximate surface area is 182 Å². The van der Waals surface area contributed by atoms with E-state index in [0.29, 0.717) is 24.6 Å². The molecule has 2 heterocycles. The zero-order valence-corrected chi connectivity index (χ0v) is 18.2. The first-order chi connectivity index (χ1) is 14.9. The lowest BCUT2D eigenvalue weighted by molar-refractivity contribution is -0.0504. The smallest absolute Gasteiger partial charge is 0.387 e. The molecule has 1 aromatic carbocycles. The second-order valence-corrected chi connectivity index (χ2v) is 7.58. The number of likely N-dealkylation sites (N-methyl/N-ethyl adjacent to an activating group) is 1. The number of anilines is 1. The Morgan fingerprint density at radius 3 is 2.52 bits per heavy atom. The summed E-state index contributed by atoms with van der Waals surface area (Å²) < 4.78 is 29.9. The van der Waals surface area contributed by atoms with E-state index in [2.05, 4.69) is 48.3 Å². The Balaban J connectivity index is 1.52. The highest BCUT2D eigenvalue weighted by molar-refractivity contribution is 5.79. The summed E-state index contributed by atoms with van der Waals surface area (Å²) in [5, 5.41) is 6.37. The Bertz CT molecular complexity index is 867. The van der Waals surface area contributed by atoms with Crippen molar-refractivity contribution in [2.24, 2.45) is 4.99 Å². The van der Waals surface area contributed by atoms with E-state index in [-0.39, 0.29) is 5.75 Å². The number of guanidine groups is 1. The van der Waals surface area contributed by atoms with Crippen molar-refractivity contribution in [2.45, 2.75) is 26.6 Å². The van der Waals surface area contributed by atoms with E-state index in [1.54, 1.807) is 19.2 Å². The summed E-state index contributed by atoms with van der Waals surface area (Å²) >= 11 is 0. The van der Waals surface area contributed by atoms with Gasteiger partial charge < -0.3 is 25.2 Å². The predicted octanol–water partition coefficient (Wildman–Crippen LogP) is 2.61. The van der Waals surface area contributed by atoms with Gasteiger partial charge in [-0.25, -0.2) is 4.98 Å². The first-order valence-electron chi connectivity index (χ1n) is 10.3. The molecule has 0 amide bonds. The number of aromatic nitrogens is 1. The number of aliphatic imine (C=N–C) groups is 1. The summed E-state index contributed by atoms with van der Waals surface area (Å²) in [7, 11) is 3.79. The zero-order valence-electron chi connectivity index (χ0n) is 18.2. The number of alkyl halides is 2. The van der Waals surface area contributed by atoms with Crippen molar-refractivity contribution < 1.29 is 13.5 Å². The van der Waals surface area contributed by atoms with Gasteiger partial charge in [0, 0.05) is 58.1 Å². The van der Waals surface area contributed by atoms with Gasteiger partial charge in [0.15, 0.2) is 5.96 Å². The van der Waals surface area contributed by atoms with Crippen LogP contribution in [0.1, 0.15) is 16.7 Å². The lowest BCUT2D eigenvalue weighted by atomic mass is 10.1. The highest BCUT2D eigenvalue weighted by Gasteiger charge is 2.15. The van der Waals surface area contributed by atoms with Gasteiger partial charge in [-0.15, -0.1) is 0 Å². The van der Waals surface area contributed by atoms with Crippen molar-refractivity contribution in [1.82, 2.24) is 20.5 Å². The van der Waals surface area contributed by atoms with E-state index in [4.69, 9.17) is 0 Å². The number of rotatable bonds is 7. The minimum atomic E-state index is -2.86. The zero-order chi connectivity index (χ0) is 22.2. The number of piperazine rings is 1. The normalized spacial score (nSPS) is 15.3. The molecule has 1 aromatic heterocycles. The van der Waals surface area contributed by atoms with Crippen LogP contribution in [-0.2, 0) is 13.1 Å². The molecule has 9 heteroatoms. The molecule has 1 fully saturated rings. The van der Waals surface area contributed by atoms with E-state index in [0.717, 1.165) is 43.1 Å². The van der Waals surface area contributed by atoms with Crippen LogP contribution in [0, 0.1) is 6.92 Å². The maximum atomic E-state index is 12.6. The maximum Gasteiger partial charge on any atom is 0.387 e. The van der Waals surface area contributed by atoms with Crippen molar-refractivity contribution in [3.05, 3.63) is 53.2 Å². The number of hydrogen-bond donors (Lipinski definition) is 2. The molecule has 168 valence electrons. The van der Waals surface area contributed by atoms with E-state index in [1.807, 2.05) is 25.3 Å². The van der Waals surface area contributed by atoms with Crippen LogP contribution in [-0.4, -0.2) is 62.7 Å². The number of aryl methyl sites for hydroxylation is 1. The van der Waals surface area contributed by atoms with Crippen LogP contribution in [0.15, 0.2) is 41.5 Å². The van der Waals surface area contributed by atoms with Crippen LogP contribution in [0.25, 0.3) is 0 Å². The summed E-state index contributed by atoms with van der Waals surface area (Å²) in [6.45, 7) is 3.94. The van der Waals surface area contributed by atoms with Crippen LogP contribution in [0.3, 0.4) is 0 Å². The molecule has 1 saturated heterocycles. The third kappa shape index (κ3) is 6.78. The number of ether oxygens (including phenoxy) is 1. The van der Waals surface area contributed by atoms with Gasteiger partial charge in [0.25, 0.3) is 0 Å². The molecule has 0 aliphatic carbocycles. The third-order valence-electron chi connectivity index (χ3n) is 5.20. The van der Waals surface area contributed by atoms with Crippen molar-refractivity contribution in [3.8, 4) is 5.75 Å². The summed E-state index contributed by atoms with van der Waals surface area (Å²) in [5.41, 5.74) is 2.63. The highest BCUT2D eigenvalue weighted by atomic mass is 19.3. The van der Waals surface area contributed by atoms with Crippen LogP contribution in [0.4, 0.5) is 14.6 Å². The average Bonchev–Trinajstić information content (AvgIpc) is 2.76. The average molecular weight is 433 g/mol. The van der Waals surface area contributed by atoms with Crippen LogP contribution >= 0.6 is 0 Å². The monoisotopic (exact) mass is 432 g/mol. The quantitative estimate of drug-likeness (QED) is 0.518. The fourth-order valence-electron chi connectivity index (χ4n) is 3.39. The molecule has 1 aliphatic heterocycles. The van der Waals surface area contributed by atoms with Crippen LogP contribution in [0.2, 0.25) is 0 Å². The minimum Gasteiger partial charge on any atom is -0.434 e. The molecule has 7 nitrogen and oxygen atoms in total. The number of nitrogens with one attached hydrogen (secondary N) is 2. The fraction of sp³-hybridized carbons (Fsp3) is 0.455. The Morgan fingerprint density at radius 2 is 1.87 bits per heavy atom. The molecule has 0 saturated carbocycles. The molecule has 0 unspecified atom stereocenters. The van der Waals surface area contributed by atoms with Crippen molar-refractivity contribution in [3.63, 3.8) is 0 Å². The number of benzene rings is 1. The summed E-state index contributed by atoms with van der Waals surface area (Å²) in [6, 6.07) is 9.21. The second-order valence-electron chi connectivity index (χ2n) is 7.58. The van der Waals surface area contributed by atoms with Crippen LogP contribution in [0.5, 0.6) is 5.75 Å². The molecule has 2 aromatic rings. The van der Waals surface area contributed by atoms with Gasteiger partial charge >= 0.3 is 6.61 Å². The van der Waals surface area contributed by atoms with Crippen molar-refractivity contribution >= 4 is 11.8 Å². The lowest BCUT2D eigenvalue weighted by Crippen LogP contribution is -2.44. The molecule has 0 bridgehead atoms. The molecule has 3 rings (SSSR count).